The third-order valence-corrected chi connectivity index (χ3v) is 7.48. The fourth-order valence-electron chi connectivity index (χ4n) is 2.56. The van der Waals surface area contributed by atoms with Gasteiger partial charge in [0.25, 0.3) is 0 Å². The van der Waals surface area contributed by atoms with Crippen molar-refractivity contribution in [2.75, 3.05) is 18.1 Å². The molecule has 2 rings (SSSR count). The molecule has 0 bridgehead atoms. The van der Waals surface area contributed by atoms with Gasteiger partial charge in [-0.05, 0) is 37.1 Å². The first kappa shape index (κ1) is 17.4. The molecular formula is C14H20FNO4S2. The van der Waals surface area contributed by atoms with Crippen molar-refractivity contribution < 1.29 is 21.2 Å². The molecule has 1 heterocycles. The van der Waals surface area contributed by atoms with E-state index in [0.29, 0.717) is 12.8 Å². The van der Waals surface area contributed by atoms with Gasteiger partial charge in [0.2, 0.25) is 10.0 Å². The summed E-state index contributed by atoms with van der Waals surface area (Å²) in [5.41, 5.74) is 0. The summed E-state index contributed by atoms with van der Waals surface area (Å²) in [7, 11) is -7.00. The summed E-state index contributed by atoms with van der Waals surface area (Å²) < 4.78 is 63.1. The Balaban J connectivity index is 2.33. The maximum Gasteiger partial charge on any atom is 0.243 e. The van der Waals surface area contributed by atoms with E-state index in [1.807, 2.05) is 6.92 Å². The molecule has 0 spiro atoms. The van der Waals surface area contributed by atoms with E-state index in [0.717, 1.165) is 18.6 Å². The van der Waals surface area contributed by atoms with Crippen molar-refractivity contribution in [1.29, 1.82) is 0 Å². The SMILES string of the molecule is CCCCN([C@H]1CCS(=O)(=O)C1)S(=O)(=O)c1ccc(F)cc1. The van der Waals surface area contributed by atoms with E-state index in [1.54, 1.807) is 0 Å². The van der Waals surface area contributed by atoms with Crippen LogP contribution in [0.2, 0.25) is 0 Å². The Hall–Kier alpha value is -0.990. The molecule has 1 aliphatic heterocycles. The smallest absolute Gasteiger partial charge is 0.229 e. The summed E-state index contributed by atoms with van der Waals surface area (Å²) in [5, 5.41) is 0. The molecule has 1 fully saturated rings. The first-order valence-electron chi connectivity index (χ1n) is 7.24. The molecule has 1 atom stereocenters. The van der Waals surface area contributed by atoms with Crippen LogP contribution in [0.4, 0.5) is 4.39 Å². The number of sulfonamides is 1. The van der Waals surface area contributed by atoms with E-state index in [1.165, 1.54) is 16.4 Å². The highest BCUT2D eigenvalue weighted by molar-refractivity contribution is 7.92. The van der Waals surface area contributed by atoms with Gasteiger partial charge in [-0.25, -0.2) is 21.2 Å². The highest BCUT2D eigenvalue weighted by atomic mass is 32.2. The number of unbranched alkanes of at least 4 members (excludes halogenated alkanes) is 1. The molecule has 1 saturated heterocycles. The van der Waals surface area contributed by atoms with Crippen LogP contribution in [0.1, 0.15) is 26.2 Å². The van der Waals surface area contributed by atoms with Gasteiger partial charge in [0.1, 0.15) is 5.82 Å². The highest BCUT2D eigenvalue weighted by Gasteiger charge is 2.38. The molecule has 0 unspecified atom stereocenters. The van der Waals surface area contributed by atoms with Crippen molar-refractivity contribution in [3.63, 3.8) is 0 Å². The molecule has 22 heavy (non-hydrogen) atoms. The van der Waals surface area contributed by atoms with Crippen LogP contribution in [0, 0.1) is 5.82 Å². The number of hydrogen-bond donors (Lipinski definition) is 0. The summed E-state index contributed by atoms with van der Waals surface area (Å²) in [4.78, 5) is -0.00528. The Kier molecular flexibility index (Phi) is 5.24. The molecule has 8 heteroatoms. The monoisotopic (exact) mass is 349 g/mol. The Morgan fingerprint density at radius 2 is 1.91 bits per heavy atom. The van der Waals surface area contributed by atoms with Gasteiger partial charge in [-0.1, -0.05) is 13.3 Å². The molecule has 0 saturated carbocycles. The highest BCUT2D eigenvalue weighted by Crippen LogP contribution is 2.25. The van der Waals surface area contributed by atoms with Gasteiger partial charge >= 0.3 is 0 Å². The van der Waals surface area contributed by atoms with E-state index in [2.05, 4.69) is 0 Å². The van der Waals surface area contributed by atoms with Crippen molar-refractivity contribution in [3.8, 4) is 0 Å². The Labute approximate surface area is 131 Å². The lowest BCUT2D eigenvalue weighted by atomic mass is 10.2. The topological polar surface area (TPSA) is 71.5 Å². The number of halogens is 1. The molecule has 0 aromatic heterocycles. The number of benzene rings is 1. The second-order valence-corrected chi connectivity index (χ2v) is 9.60. The largest absolute Gasteiger partial charge is 0.243 e. The van der Waals surface area contributed by atoms with Crippen molar-refractivity contribution in [2.45, 2.75) is 37.1 Å². The van der Waals surface area contributed by atoms with Crippen molar-refractivity contribution in [2.24, 2.45) is 0 Å². The van der Waals surface area contributed by atoms with Crippen LogP contribution in [0.5, 0.6) is 0 Å². The third-order valence-electron chi connectivity index (χ3n) is 3.77. The fraction of sp³-hybridized carbons (Fsp3) is 0.571. The summed E-state index contributed by atoms with van der Waals surface area (Å²) in [6.45, 7) is 2.21. The van der Waals surface area contributed by atoms with Gasteiger partial charge in [0.15, 0.2) is 9.84 Å². The molecule has 5 nitrogen and oxygen atoms in total. The predicted octanol–water partition coefficient (Wildman–Crippen LogP) is 1.80. The van der Waals surface area contributed by atoms with E-state index in [-0.39, 0.29) is 22.9 Å². The summed E-state index contributed by atoms with van der Waals surface area (Å²) in [6.07, 6.45) is 1.76. The molecular weight excluding hydrogens is 329 g/mol. The number of sulfone groups is 1. The van der Waals surface area contributed by atoms with Crippen LogP contribution >= 0.6 is 0 Å². The van der Waals surface area contributed by atoms with E-state index < -0.39 is 31.7 Å². The summed E-state index contributed by atoms with van der Waals surface area (Å²) >= 11 is 0. The van der Waals surface area contributed by atoms with Crippen molar-refractivity contribution >= 4 is 19.9 Å². The van der Waals surface area contributed by atoms with Crippen molar-refractivity contribution in [1.82, 2.24) is 4.31 Å². The van der Waals surface area contributed by atoms with E-state index in [4.69, 9.17) is 0 Å². The first-order valence-corrected chi connectivity index (χ1v) is 10.5. The van der Waals surface area contributed by atoms with E-state index in [9.17, 15) is 21.2 Å². The zero-order chi connectivity index (χ0) is 16.4. The number of rotatable bonds is 6. The Morgan fingerprint density at radius 1 is 1.27 bits per heavy atom. The molecule has 1 aliphatic rings. The quantitative estimate of drug-likeness (QED) is 0.785. The van der Waals surface area contributed by atoms with Gasteiger partial charge in [0, 0.05) is 12.6 Å². The summed E-state index contributed by atoms with van der Waals surface area (Å²) in [5.74, 6) is -0.640. The second-order valence-electron chi connectivity index (χ2n) is 5.48. The molecule has 124 valence electrons. The number of nitrogens with zero attached hydrogens (tertiary/aromatic N) is 1. The van der Waals surface area contributed by atoms with Crippen LogP contribution in [-0.4, -0.2) is 45.2 Å². The maximum absolute atomic E-state index is 13.0. The average molecular weight is 349 g/mol. The van der Waals surface area contributed by atoms with Gasteiger partial charge in [-0.3, -0.25) is 0 Å². The third kappa shape index (κ3) is 3.85. The second kappa shape index (κ2) is 6.64. The molecule has 1 aromatic carbocycles. The van der Waals surface area contributed by atoms with Crippen LogP contribution in [0.15, 0.2) is 29.2 Å². The van der Waals surface area contributed by atoms with E-state index >= 15 is 0 Å². The minimum absolute atomic E-state index is 0.00528. The Morgan fingerprint density at radius 3 is 2.41 bits per heavy atom. The first-order chi connectivity index (χ1) is 10.3. The number of hydrogen-bond acceptors (Lipinski definition) is 4. The predicted molar refractivity (Wildman–Crippen MR) is 82.3 cm³/mol. The van der Waals surface area contributed by atoms with Crippen LogP contribution in [-0.2, 0) is 19.9 Å². The van der Waals surface area contributed by atoms with Crippen LogP contribution in [0.3, 0.4) is 0 Å². The normalized spacial score (nSPS) is 21.3. The molecule has 0 N–H and O–H groups in total. The lowest BCUT2D eigenvalue weighted by molar-refractivity contribution is 0.335. The van der Waals surface area contributed by atoms with Gasteiger partial charge in [-0.15, -0.1) is 0 Å². The molecule has 0 aliphatic carbocycles. The minimum atomic E-state index is -3.82. The molecule has 0 radical (unpaired) electrons. The fourth-order valence-corrected chi connectivity index (χ4v) is 6.08. The average Bonchev–Trinajstić information content (AvgIpc) is 2.79. The van der Waals surface area contributed by atoms with Crippen molar-refractivity contribution in [3.05, 3.63) is 30.1 Å². The lowest BCUT2D eigenvalue weighted by Gasteiger charge is -2.27. The van der Waals surface area contributed by atoms with Gasteiger partial charge < -0.3 is 0 Å². The minimum Gasteiger partial charge on any atom is -0.229 e. The van der Waals surface area contributed by atoms with Gasteiger partial charge in [-0.2, -0.15) is 4.31 Å². The van der Waals surface area contributed by atoms with Crippen LogP contribution < -0.4 is 0 Å². The molecule has 0 amide bonds. The van der Waals surface area contributed by atoms with Crippen LogP contribution in [0.25, 0.3) is 0 Å². The zero-order valence-electron chi connectivity index (χ0n) is 12.4. The maximum atomic E-state index is 13.0. The lowest BCUT2D eigenvalue weighted by Crippen LogP contribution is -2.41. The van der Waals surface area contributed by atoms with Gasteiger partial charge in [0.05, 0.1) is 16.4 Å². The Bertz CT molecular complexity index is 714. The molecule has 1 aromatic rings. The standard InChI is InChI=1S/C14H20FNO4S2/c1-2-3-9-16(13-8-10-21(17,18)11-13)22(19,20)14-6-4-12(15)5-7-14/h4-7,13H,2-3,8-11H2,1H3/t13-/m0/s1. The zero-order valence-corrected chi connectivity index (χ0v) is 14.0. The summed E-state index contributed by atoms with van der Waals surface area (Å²) in [6, 6.07) is 4.08.